The quantitative estimate of drug-likeness (QED) is 0.250. The third kappa shape index (κ3) is 4.75. The van der Waals surface area contributed by atoms with Crippen LogP contribution in [0.5, 0.6) is 11.5 Å². The molecular formula is C28H21BrN6O2. The van der Waals surface area contributed by atoms with Crippen molar-refractivity contribution in [3.63, 3.8) is 0 Å². The molecule has 0 bridgehead atoms. The lowest BCUT2D eigenvalue weighted by Gasteiger charge is -2.13. The molecule has 5 aromatic rings. The molecule has 8 nitrogen and oxygen atoms in total. The molecule has 2 aromatic heterocycles. The number of methoxy groups -OCH3 is 2. The van der Waals surface area contributed by atoms with Crippen LogP contribution in [0.25, 0.3) is 33.3 Å². The van der Waals surface area contributed by atoms with E-state index in [1.807, 2.05) is 66.7 Å². The topological polar surface area (TPSA) is 119 Å². The van der Waals surface area contributed by atoms with Crippen LogP contribution in [0.4, 0.5) is 17.3 Å². The molecule has 0 aliphatic rings. The highest BCUT2D eigenvalue weighted by Crippen LogP contribution is 2.35. The molecule has 0 amide bonds. The van der Waals surface area contributed by atoms with Gasteiger partial charge in [0.2, 0.25) is 0 Å². The Morgan fingerprint density at radius 3 is 2.24 bits per heavy atom. The Balaban J connectivity index is 1.48. The average Bonchev–Trinajstić information content (AvgIpc) is 2.93. The summed E-state index contributed by atoms with van der Waals surface area (Å²) in [6.45, 7) is 0. The van der Waals surface area contributed by atoms with E-state index in [4.69, 9.17) is 15.2 Å². The summed E-state index contributed by atoms with van der Waals surface area (Å²) in [5, 5.41) is 13.8. The number of rotatable bonds is 6. The first-order chi connectivity index (χ1) is 18.0. The maximum absolute atomic E-state index is 9.68. The summed E-state index contributed by atoms with van der Waals surface area (Å²) in [4.78, 5) is 13.3. The summed E-state index contributed by atoms with van der Waals surface area (Å²) in [7, 11) is 3.18. The number of fused-ring (bicyclic) bond motifs is 1. The Bertz CT molecular complexity index is 1650. The summed E-state index contributed by atoms with van der Waals surface area (Å²) < 4.78 is 11.8. The second-order valence-electron chi connectivity index (χ2n) is 8.08. The SMILES string of the molecule is COc1cc2ncnc(Nc3ccc(-c4cc(-c5ccc(Br)cc5)c(C#N)c(N)n4)cc3)c2cc1OC. The van der Waals surface area contributed by atoms with Gasteiger partial charge in [-0.25, -0.2) is 15.0 Å². The smallest absolute Gasteiger partial charge is 0.162 e. The lowest BCUT2D eigenvalue weighted by molar-refractivity contribution is 0.356. The number of hydrogen-bond acceptors (Lipinski definition) is 8. The van der Waals surface area contributed by atoms with E-state index in [0.717, 1.165) is 37.8 Å². The number of nitrogens with two attached hydrogens (primary N) is 1. The fourth-order valence-corrected chi connectivity index (χ4v) is 4.30. The van der Waals surface area contributed by atoms with Crippen LogP contribution in [-0.2, 0) is 0 Å². The number of nitrogen functional groups attached to an aromatic ring is 1. The van der Waals surface area contributed by atoms with Crippen molar-refractivity contribution in [1.29, 1.82) is 5.26 Å². The molecule has 0 atom stereocenters. The Labute approximate surface area is 221 Å². The molecule has 182 valence electrons. The van der Waals surface area contributed by atoms with Gasteiger partial charge in [0, 0.05) is 32.7 Å². The summed E-state index contributed by atoms with van der Waals surface area (Å²) >= 11 is 3.45. The van der Waals surface area contributed by atoms with Crippen LogP contribution in [-0.4, -0.2) is 29.2 Å². The van der Waals surface area contributed by atoms with Gasteiger partial charge in [-0.1, -0.05) is 40.2 Å². The highest BCUT2D eigenvalue weighted by molar-refractivity contribution is 9.10. The molecule has 0 saturated carbocycles. The van der Waals surface area contributed by atoms with E-state index < -0.39 is 0 Å². The number of anilines is 3. The van der Waals surface area contributed by atoms with Crippen molar-refractivity contribution in [2.24, 2.45) is 0 Å². The van der Waals surface area contributed by atoms with Gasteiger partial charge < -0.3 is 20.5 Å². The third-order valence-electron chi connectivity index (χ3n) is 5.90. The van der Waals surface area contributed by atoms with Crippen molar-refractivity contribution >= 4 is 44.2 Å². The Morgan fingerprint density at radius 2 is 1.57 bits per heavy atom. The molecule has 0 saturated heterocycles. The second-order valence-corrected chi connectivity index (χ2v) is 9.00. The molecule has 9 heteroatoms. The lowest BCUT2D eigenvalue weighted by atomic mass is 9.98. The molecule has 0 aliphatic carbocycles. The number of pyridine rings is 1. The van der Waals surface area contributed by atoms with E-state index in [0.29, 0.717) is 28.6 Å². The molecule has 0 aliphatic heterocycles. The van der Waals surface area contributed by atoms with Crippen LogP contribution < -0.4 is 20.5 Å². The number of halogens is 1. The minimum Gasteiger partial charge on any atom is -0.493 e. The Morgan fingerprint density at radius 1 is 0.892 bits per heavy atom. The standard InChI is InChI=1S/C28H21BrN6O2/c1-36-25-12-21-24(13-26(25)37-2)32-15-33-28(21)34-19-9-5-17(6-10-19)23-11-20(22(14-30)27(31)35-23)16-3-7-18(29)8-4-16/h3-13,15H,1-2H3,(H2,31,35)(H,32,33,34). The molecule has 5 rings (SSSR count). The van der Waals surface area contributed by atoms with E-state index in [1.165, 1.54) is 6.33 Å². The molecule has 37 heavy (non-hydrogen) atoms. The molecule has 0 fully saturated rings. The molecule has 0 radical (unpaired) electrons. The minimum absolute atomic E-state index is 0.192. The second kappa shape index (κ2) is 10.1. The van der Waals surface area contributed by atoms with Crippen LogP contribution in [0, 0.1) is 11.3 Å². The number of nitrogens with zero attached hydrogens (tertiary/aromatic N) is 4. The van der Waals surface area contributed by atoms with Crippen molar-refractivity contribution in [2.45, 2.75) is 0 Å². The summed E-state index contributed by atoms with van der Waals surface area (Å²) in [5.74, 6) is 2.02. The molecule has 3 aromatic carbocycles. The third-order valence-corrected chi connectivity index (χ3v) is 6.43. The Hall–Kier alpha value is -4.68. The fourth-order valence-electron chi connectivity index (χ4n) is 4.03. The zero-order valence-electron chi connectivity index (χ0n) is 20.0. The fraction of sp³-hybridized carbons (Fsp3) is 0.0714. The van der Waals surface area contributed by atoms with E-state index >= 15 is 0 Å². The Kier molecular flexibility index (Phi) is 6.58. The molecule has 2 heterocycles. The highest BCUT2D eigenvalue weighted by Gasteiger charge is 2.14. The van der Waals surface area contributed by atoms with E-state index in [2.05, 4.69) is 42.3 Å². The highest BCUT2D eigenvalue weighted by atomic mass is 79.9. The largest absolute Gasteiger partial charge is 0.493 e. The predicted molar refractivity (Wildman–Crippen MR) is 148 cm³/mol. The molecule has 0 unspecified atom stereocenters. The molecular weight excluding hydrogens is 532 g/mol. The van der Waals surface area contributed by atoms with Crippen molar-refractivity contribution in [3.8, 4) is 40.0 Å². The van der Waals surface area contributed by atoms with Gasteiger partial charge in [-0.15, -0.1) is 0 Å². The minimum atomic E-state index is 0.192. The van der Waals surface area contributed by atoms with E-state index in [9.17, 15) is 5.26 Å². The zero-order valence-corrected chi connectivity index (χ0v) is 21.6. The van der Waals surface area contributed by atoms with Crippen molar-refractivity contribution < 1.29 is 9.47 Å². The first kappa shape index (κ1) is 24.0. The number of nitriles is 1. The summed E-state index contributed by atoms with van der Waals surface area (Å²) in [5.41, 5.74) is 11.2. The number of hydrogen-bond donors (Lipinski definition) is 2. The summed E-state index contributed by atoms with van der Waals surface area (Å²) in [6, 6.07) is 23.2. The van der Waals surface area contributed by atoms with Crippen LogP contribution in [0.2, 0.25) is 0 Å². The normalized spacial score (nSPS) is 10.6. The molecule has 3 N–H and O–H groups in total. The molecule has 0 spiro atoms. The van der Waals surface area contributed by atoms with Gasteiger partial charge in [-0.05, 0) is 42.0 Å². The summed E-state index contributed by atoms with van der Waals surface area (Å²) in [6.07, 6.45) is 1.50. The van der Waals surface area contributed by atoms with E-state index in [-0.39, 0.29) is 5.82 Å². The van der Waals surface area contributed by atoms with Gasteiger partial charge >= 0.3 is 0 Å². The van der Waals surface area contributed by atoms with Crippen LogP contribution >= 0.6 is 15.9 Å². The number of benzene rings is 3. The monoisotopic (exact) mass is 552 g/mol. The zero-order chi connectivity index (χ0) is 25.9. The van der Waals surface area contributed by atoms with Gasteiger partial charge in [0.1, 0.15) is 29.6 Å². The van der Waals surface area contributed by atoms with Crippen LogP contribution in [0.15, 0.2) is 77.5 Å². The van der Waals surface area contributed by atoms with Crippen molar-refractivity contribution in [1.82, 2.24) is 15.0 Å². The van der Waals surface area contributed by atoms with E-state index in [1.54, 1.807) is 14.2 Å². The number of ether oxygens (including phenoxy) is 2. The van der Waals surface area contributed by atoms with Crippen molar-refractivity contribution in [2.75, 3.05) is 25.3 Å². The van der Waals surface area contributed by atoms with Crippen molar-refractivity contribution in [3.05, 3.63) is 83.1 Å². The van der Waals surface area contributed by atoms with Crippen LogP contribution in [0.1, 0.15) is 5.56 Å². The van der Waals surface area contributed by atoms with Gasteiger partial charge in [-0.3, -0.25) is 0 Å². The first-order valence-corrected chi connectivity index (χ1v) is 12.0. The maximum atomic E-state index is 9.68. The maximum Gasteiger partial charge on any atom is 0.162 e. The van der Waals surface area contributed by atoms with Gasteiger partial charge in [0.15, 0.2) is 11.5 Å². The number of nitrogens with one attached hydrogen (secondary N) is 1. The number of aromatic nitrogens is 3. The predicted octanol–water partition coefficient (Wildman–Crippen LogP) is 6.34. The van der Waals surface area contributed by atoms with Gasteiger partial charge in [-0.2, -0.15) is 5.26 Å². The first-order valence-electron chi connectivity index (χ1n) is 11.2. The lowest BCUT2D eigenvalue weighted by Crippen LogP contribution is -2.00. The van der Waals surface area contributed by atoms with Gasteiger partial charge in [0.25, 0.3) is 0 Å². The van der Waals surface area contributed by atoms with Gasteiger partial charge in [0.05, 0.1) is 25.4 Å². The van der Waals surface area contributed by atoms with Crippen LogP contribution in [0.3, 0.4) is 0 Å². The average molecular weight is 553 g/mol.